The number of nitrogens with one attached hydrogen (secondary N) is 1. The lowest BCUT2D eigenvalue weighted by Crippen LogP contribution is -2.37. The van der Waals surface area contributed by atoms with Gasteiger partial charge in [0, 0.05) is 19.4 Å². The molecule has 0 bridgehead atoms. The highest BCUT2D eigenvalue weighted by molar-refractivity contribution is 4.94. The predicted octanol–water partition coefficient (Wildman–Crippen LogP) is 12.7. The molecule has 1 heterocycles. The molecule has 1 fully saturated rings. The van der Waals surface area contributed by atoms with Crippen LogP contribution in [0.5, 0.6) is 0 Å². The smallest absolute Gasteiger partial charge is 0.171 e. The van der Waals surface area contributed by atoms with E-state index in [0.717, 1.165) is 51.6 Å². The first kappa shape index (κ1) is 44.8. The van der Waals surface area contributed by atoms with Crippen molar-refractivity contribution >= 4 is 0 Å². The number of unbranched alkanes of at least 4 members (excludes halogenated alkanes) is 16. The molecule has 2 unspecified atom stereocenters. The molecular formula is C44H82N2O2. The Balaban J connectivity index is 2.36. The molecular weight excluding hydrogens is 588 g/mol. The topological polar surface area (TPSA) is 33.7 Å². The first-order valence-electron chi connectivity index (χ1n) is 20.8. The number of hydrogen-bond acceptors (Lipinski definition) is 4. The zero-order valence-electron chi connectivity index (χ0n) is 32.8. The van der Waals surface area contributed by atoms with Crippen molar-refractivity contribution in [2.45, 2.75) is 199 Å². The lowest BCUT2D eigenvalue weighted by atomic mass is 9.99. The summed E-state index contributed by atoms with van der Waals surface area (Å²) in [4.78, 5) is 2.26. The summed E-state index contributed by atoms with van der Waals surface area (Å²) in [5.74, 6) is -0.434. The van der Waals surface area contributed by atoms with Crippen LogP contribution in [0.1, 0.15) is 181 Å². The van der Waals surface area contributed by atoms with Crippen LogP contribution in [0.15, 0.2) is 48.6 Å². The SMILES string of the molecule is CCCCCC=CCC=CCCCCCCCC1OC(CCNC)(CCN(C)C)OC1CCCCCCCC=CCC=CCCCCC. The van der Waals surface area contributed by atoms with E-state index in [1.54, 1.807) is 0 Å². The molecule has 1 aliphatic rings. The van der Waals surface area contributed by atoms with E-state index in [2.05, 4.69) is 86.8 Å². The Kier molecular flexibility index (Phi) is 30.8. The van der Waals surface area contributed by atoms with Crippen LogP contribution in [-0.2, 0) is 9.47 Å². The van der Waals surface area contributed by atoms with Crippen molar-refractivity contribution in [2.24, 2.45) is 0 Å². The van der Waals surface area contributed by atoms with Gasteiger partial charge in [-0.2, -0.15) is 0 Å². The van der Waals surface area contributed by atoms with Gasteiger partial charge in [0.2, 0.25) is 0 Å². The minimum Gasteiger partial charge on any atom is -0.344 e. The summed E-state index contributed by atoms with van der Waals surface area (Å²) >= 11 is 0. The maximum Gasteiger partial charge on any atom is 0.171 e. The molecule has 0 spiro atoms. The molecule has 0 saturated carbocycles. The number of allylic oxidation sites excluding steroid dienone is 8. The molecule has 0 radical (unpaired) electrons. The van der Waals surface area contributed by atoms with E-state index in [0.29, 0.717) is 0 Å². The Morgan fingerprint density at radius 3 is 1.31 bits per heavy atom. The van der Waals surface area contributed by atoms with Crippen LogP contribution in [0.4, 0.5) is 0 Å². The molecule has 48 heavy (non-hydrogen) atoms. The minimum atomic E-state index is -0.434. The van der Waals surface area contributed by atoms with Gasteiger partial charge in [0.15, 0.2) is 5.79 Å². The largest absolute Gasteiger partial charge is 0.344 e. The molecule has 1 aliphatic heterocycles. The van der Waals surface area contributed by atoms with Crippen LogP contribution < -0.4 is 5.32 Å². The normalized spacial score (nSPS) is 20.3. The van der Waals surface area contributed by atoms with Crippen molar-refractivity contribution < 1.29 is 9.47 Å². The zero-order valence-corrected chi connectivity index (χ0v) is 32.8. The average molecular weight is 671 g/mol. The van der Waals surface area contributed by atoms with Gasteiger partial charge in [-0.05, 0) is 105 Å². The summed E-state index contributed by atoms with van der Waals surface area (Å²) in [6.45, 7) is 6.47. The molecule has 0 aromatic heterocycles. The Labute approximate surface area is 300 Å². The average Bonchev–Trinajstić information content (AvgIpc) is 3.43. The van der Waals surface area contributed by atoms with E-state index in [9.17, 15) is 0 Å². The van der Waals surface area contributed by atoms with Gasteiger partial charge in [0.05, 0.1) is 12.2 Å². The van der Waals surface area contributed by atoms with Crippen molar-refractivity contribution in [3.8, 4) is 0 Å². The van der Waals surface area contributed by atoms with Gasteiger partial charge in [0.25, 0.3) is 0 Å². The van der Waals surface area contributed by atoms with E-state index in [1.165, 1.54) is 128 Å². The van der Waals surface area contributed by atoms with Gasteiger partial charge in [-0.15, -0.1) is 0 Å². The molecule has 0 aromatic rings. The quantitative estimate of drug-likeness (QED) is 0.0546. The van der Waals surface area contributed by atoms with E-state index in [4.69, 9.17) is 9.47 Å². The van der Waals surface area contributed by atoms with Gasteiger partial charge in [-0.3, -0.25) is 0 Å². The molecule has 1 N–H and O–H groups in total. The van der Waals surface area contributed by atoms with Crippen molar-refractivity contribution in [3.63, 3.8) is 0 Å². The first-order valence-corrected chi connectivity index (χ1v) is 20.8. The zero-order chi connectivity index (χ0) is 34.8. The van der Waals surface area contributed by atoms with Crippen molar-refractivity contribution in [2.75, 3.05) is 34.2 Å². The summed E-state index contributed by atoms with van der Waals surface area (Å²) in [7, 11) is 6.34. The van der Waals surface area contributed by atoms with Crippen molar-refractivity contribution in [1.82, 2.24) is 10.2 Å². The molecule has 2 atom stereocenters. The highest BCUT2D eigenvalue weighted by Gasteiger charge is 2.46. The van der Waals surface area contributed by atoms with E-state index in [1.807, 2.05) is 7.05 Å². The first-order chi connectivity index (χ1) is 23.6. The summed E-state index contributed by atoms with van der Waals surface area (Å²) in [5, 5.41) is 3.35. The Bertz CT molecular complexity index is 748. The monoisotopic (exact) mass is 671 g/mol. The molecule has 4 nitrogen and oxygen atoms in total. The molecule has 0 aliphatic carbocycles. The standard InChI is InChI=1S/C44H82N2O2/c1-6-8-10-12-14-16-18-20-22-24-26-28-30-32-34-36-42-43(48-44(47-42,38-40-45-3)39-41-46(4)5)37-35-33-31-29-27-25-23-21-19-17-15-13-11-9-7-2/h14-17,20-23,42-43,45H,6-13,18-19,24-41H2,1-5H3. The van der Waals surface area contributed by atoms with Crippen molar-refractivity contribution in [3.05, 3.63) is 48.6 Å². The third kappa shape index (κ3) is 25.7. The summed E-state index contributed by atoms with van der Waals surface area (Å²) in [6, 6.07) is 0. The third-order valence-corrected chi connectivity index (χ3v) is 9.72. The predicted molar refractivity (Wildman–Crippen MR) is 213 cm³/mol. The van der Waals surface area contributed by atoms with Gasteiger partial charge >= 0.3 is 0 Å². The molecule has 4 heteroatoms. The molecule has 1 rings (SSSR count). The molecule has 0 amide bonds. The number of hydrogen-bond donors (Lipinski definition) is 1. The fourth-order valence-corrected chi connectivity index (χ4v) is 6.60. The lowest BCUT2D eigenvalue weighted by molar-refractivity contribution is -0.186. The third-order valence-electron chi connectivity index (χ3n) is 9.72. The number of nitrogens with zero attached hydrogens (tertiary/aromatic N) is 1. The van der Waals surface area contributed by atoms with Gasteiger partial charge < -0.3 is 19.7 Å². The summed E-state index contributed by atoms with van der Waals surface area (Å²) in [5.41, 5.74) is 0. The van der Waals surface area contributed by atoms with Crippen LogP contribution >= 0.6 is 0 Å². The van der Waals surface area contributed by atoms with Crippen LogP contribution in [0.25, 0.3) is 0 Å². The summed E-state index contributed by atoms with van der Waals surface area (Å²) < 4.78 is 13.8. The molecule has 0 aromatic carbocycles. The van der Waals surface area contributed by atoms with E-state index >= 15 is 0 Å². The van der Waals surface area contributed by atoms with E-state index < -0.39 is 5.79 Å². The maximum absolute atomic E-state index is 6.89. The van der Waals surface area contributed by atoms with Crippen LogP contribution in [0, 0.1) is 0 Å². The number of ether oxygens (including phenoxy) is 2. The molecule has 1 saturated heterocycles. The van der Waals surface area contributed by atoms with Gasteiger partial charge in [0.1, 0.15) is 0 Å². The molecule has 280 valence electrons. The highest BCUT2D eigenvalue weighted by atomic mass is 16.8. The Morgan fingerprint density at radius 2 is 0.917 bits per heavy atom. The Morgan fingerprint density at radius 1 is 0.521 bits per heavy atom. The maximum atomic E-state index is 6.89. The van der Waals surface area contributed by atoms with Crippen LogP contribution in [-0.4, -0.2) is 57.1 Å². The van der Waals surface area contributed by atoms with Gasteiger partial charge in [-0.1, -0.05) is 140 Å². The van der Waals surface area contributed by atoms with Crippen molar-refractivity contribution in [1.29, 1.82) is 0 Å². The summed E-state index contributed by atoms with van der Waals surface area (Å²) in [6.07, 6.45) is 51.7. The number of rotatable bonds is 34. The van der Waals surface area contributed by atoms with Crippen LogP contribution in [0.2, 0.25) is 0 Å². The highest BCUT2D eigenvalue weighted by Crippen LogP contribution is 2.38. The second-order valence-electron chi connectivity index (χ2n) is 14.7. The second-order valence-corrected chi connectivity index (χ2v) is 14.7. The fourth-order valence-electron chi connectivity index (χ4n) is 6.60. The van der Waals surface area contributed by atoms with Crippen LogP contribution in [0.3, 0.4) is 0 Å². The Hall–Kier alpha value is -1.20. The minimum absolute atomic E-state index is 0.243. The lowest BCUT2D eigenvalue weighted by Gasteiger charge is -2.30. The van der Waals surface area contributed by atoms with Gasteiger partial charge in [-0.25, -0.2) is 0 Å². The van der Waals surface area contributed by atoms with E-state index in [-0.39, 0.29) is 12.2 Å². The fraction of sp³-hybridized carbons (Fsp3) is 0.818. The second kappa shape index (κ2) is 33.0.